The summed E-state index contributed by atoms with van der Waals surface area (Å²) in [6.45, 7) is 0.967. The van der Waals surface area contributed by atoms with E-state index in [-0.39, 0.29) is 28.8 Å². The third-order valence-electron chi connectivity index (χ3n) is 6.35. The first-order valence-corrected chi connectivity index (χ1v) is 11.3. The van der Waals surface area contributed by atoms with Crippen LogP contribution in [0.15, 0.2) is 39.5 Å². The largest absolute Gasteiger partial charge is 0.493 e. The lowest BCUT2D eigenvalue weighted by Crippen LogP contribution is -2.36. The van der Waals surface area contributed by atoms with Gasteiger partial charge in [-0.25, -0.2) is 0 Å². The van der Waals surface area contributed by atoms with Crippen molar-refractivity contribution < 1.29 is 28.2 Å². The maximum absolute atomic E-state index is 13.7. The highest BCUT2D eigenvalue weighted by molar-refractivity contribution is 6.31. The number of benzene rings is 2. The van der Waals surface area contributed by atoms with E-state index in [0.29, 0.717) is 52.0 Å². The van der Waals surface area contributed by atoms with Crippen molar-refractivity contribution >= 4 is 28.5 Å². The van der Waals surface area contributed by atoms with Crippen molar-refractivity contribution in [2.24, 2.45) is 0 Å². The molecule has 5 rings (SSSR count). The zero-order valence-electron chi connectivity index (χ0n) is 19.1. The van der Waals surface area contributed by atoms with Crippen molar-refractivity contribution in [2.45, 2.75) is 25.0 Å². The van der Waals surface area contributed by atoms with Crippen molar-refractivity contribution in [3.63, 3.8) is 0 Å². The molecule has 1 aromatic heterocycles. The minimum absolute atomic E-state index is 0.0246. The van der Waals surface area contributed by atoms with Gasteiger partial charge in [0.15, 0.2) is 16.9 Å². The van der Waals surface area contributed by atoms with E-state index in [1.807, 2.05) is 0 Å². The molecule has 3 heterocycles. The predicted molar refractivity (Wildman–Crippen MR) is 125 cm³/mol. The molecule has 0 saturated carbocycles. The fraction of sp³-hybridized carbons (Fsp3) is 0.360. The maximum atomic E-state index is 13.7. The molecule has 2 atom stereocenters. The number of halogens is 1. The smallest absolute Gasteiger partial charge is 0.291 e. The van der Waals surface area contributed by atoms with E-state index >= 15 is 0 Å². The predicted octanol–water partition coefficient (Wildman–Crippen LogP) is 4.20. The molecule has 0 spiro atoms. The Labute approximate surface area is 200 Å². The Morgan fingerprint density at radius 3 is 2.41 bits per heavy atom. The van der Waals surface area contributed by atoms with Gasteiger partial charge in [-0.15, -0.1) is 0 Å². The topological polar surface area (TPSA) is 87.4 Å². The molecular formula is C25H24ClNO7. The molecule has 178 valence electrons. The average Bonchev–Trinajstić information content (AvgIpc) is 3.46. The minimum Gasteiger partial charge on any atom is -0.493 e. The molecule has 2 aliphatic heterocycles. The van der Waals surface area contributed by atoms with Gasteiger partial charge in [0.05, 0.1) is 44.4 Å². The lowest BCUT2D eigenvalue weighted by Gasteiger charge is -2.28. The molecule has 1 saturated heterocycles. The van der Waals surface area contributed by atoms with Crippen LogP contribution in [0.1, 0.15) is 40.6 Å². The van der Waals surface area contributed by atoms with Crippen molar-refractivity contribution in [1.29, 1.82) is 0 Å². The normalized spacial score (nSPS) is 19.5. The van der Waals surface area contributed by atoms with E-state index in [4.69, 9.17) is 35.0 Å². The van der Waals surface area contributed by atoms with Crippen LogP contribution < -0.4 is 19.6 Å². The summed E-state index contributed by atoms with van der Waals surface area (Å²) in [5.41, 5.74) is 0.894. The number of nitrogens with zero attached hydrogens (tertiary/aromatic N) is 1. The van der Waals surface area contributed by atoms with Crippen LogP contribution in [0.5, 0.6) is 17.2 Å². The third-order valence-corrected chi connectivity index (χ3v) is 6.59. The first kappa shape index (κ1) is 22.6. The van der Waals surface area contributed by atoms with Crippen LogP contribution in [0.25, 0.3) is 11.0 Å². The molecular weight excluding hydrogens is 462 g/mol. The zero-order chi connectivity index (χ0) is 24.0. The molecule has 34 heavy (non-hydrogen) atoms. The summed E-state index contributed by atoms with van der Waals surface area (Å²) < 4.78 is 28.3. The molecule has 2 aliphatic rings. The van der Waals surface area contributed by atoms with E-state index in [2.05, 4.69) is 0 Å². The van der Waals surface area contributed by atoms with E-state index in [1.165, 1.54) is 21.3 Å². The molecule has 3 aromatic rings. The van der Waals surface area contributed by atoms with Crippen LogP contribution in [0, 0.1) is 0 Å². The van der Waals surface area contributed by atoms with Crippen molar-refractivity contribution in [3.8, 4) is 17.2 Å². The van der Waals surface area contributed by atoms with Gasteiger partial charge in [0, 0.05) is 18.2 Å². The Bertz CT molecular complexity index is 1300. The minimum atomic E-state index is -0.722. The molecule has 1 fully saturated rings. The number of rotatable bonds is 6. The lowest BCUT2D eigenvalue weighted by atomic mass is 9.97. The highest BCUT2D eigenvalue weighted by atomic mass is 35.5. The van der Waals surface area contributed by atoms with Crippen LogP contribution in [0.3, 0.4) is 0 Å². The molecule has 9 heteroatoms. The number of methoxy groups -OCH3 is 3. The molecule has 0 radical (unpaired) electrons. The number of carbonyl (C=O) groups is 1. The van der Waals surface area contributed by atoms with Gasteiger partial charge in [-0.2, -0.15) is 0 Å². The van der Waals surface area contributed by atoms with Crippen molar-refractivity contribution in [2.75, 3.05) is 34.5 Å². The second-order valence-electron chi connectivity index (χ2n) is 8.27. The Balaban J connectivity index is 1.75. The highest BCUT2D eigenvalue weighted by Gasteiger charge is 2.44. The Morgan fingerprint density at radius 1 is 1.06 bits per heavy atom. The van der Waals surface area contributed by atoms with Gasteiger partial charge in [-0.3, -0.25) is 9.59 Å². The Morgan fingerprint density at radius 2 is 1.79 bits per heavy atom. The van der Waals surface area contributed by atoms with Gasteiger partial charge in [0.2, 0.25) is 11.5 Å². The average molecular weight is 486 g/mol. The standard InChI is InChI=1S/C25H24ClNO7/c1-30-18-9-13(10-19(31-2)23(18)32-3)21-20-22(28)16-11-14(26)6-7-17(16)34-24(20)25(29)27(21)12-15-5-4-8-33-15/h6-7,9-11,15,21H,4-5,8,12H2,1-3H3. The number of carbonyl (C=O) groups excluding carboxylic acids is 1. The fourth-order valence-corrected chi connectivity index (χ4v) is 4.97. The Hall–Kier alpha value is -3.23. The fourth-order valence-electron chi connectivity index (χ4n) is 4.79. The maximum Gasteiger partial charge on any atom is 0.291 e. The zero-order valence-corrected chi connectivity index (χ0v) is 19.8. The van der Waals surface area contributed by atoms with E-state index < -0.39 is 6.04 Å². The molecule has 2 unspecified atom stereocenters. The van der Waals surface area contributed by atoms with Crippen LogP contribution in [-0.2, 0) is 4.74 Å². The van der Waals surface area contributed by atoms with Gasteiger partial charge in [0.1, 0.15) is 5.58 Å². The van der Waals surface area contributed by atoms with Crippen molar-refractivity contribution in [1.82, 2.24) is 4.90 Å². The summed E-state index contributed by atoms with van der Waals surface area (Å²) in [7, 11) is 4.55. The van der Waals surface area contributed by atoms with Gasteiger partial charge in [-0.05, 0) is 48.7 Å². The number of fused-ring (bicyclic) bond motifs is 2. The van der Waals surface area contributed by atoms with Crippen LogP contribution in [-0.4, -0.2) is 51.4 Å². The number of hydrogen-bond donors (Lipinski definition) is 0. The molecule has 2 aromatic carbocycles. The second kappa shape index (κ2) is 8.85. The summed E-state index contributed by atoms with van der Waals surface area (Å²) in [6, 6.07) is 7.56. The number of amides is 1. The van der Waals surface area contributed by atoms with E-state index in [9.17, 15) is 9.59 Å². The van der Waals surface area contributed by atoms with Crippen molar-refractivity contribution in [3.05, 3.63) is 62.5 Å². The SMILES string of the molecule is COc1cc(C2c3c(oc4ccc(Cl)cc4c3=O)C(=O)N2CC2CCCO2)cc(OC)c1OC. The summed E-state index contributed by atoms with van der Waals surface area (Å²) in [4.78, 5) is 28.9. The van der Waals surface area contributed by atoms with Gasteiger partial charge < -0.3 is 28.3 Å². The summed E-state index contributed by atoms with van der Waals surface area (Å²) in [5.74, 6) is 0.919. The summed E-state index contributed by atoms with van der Waals surface area (Å²) >= 11 is 6.16. The molecule has 0 aliphatic carbocycles. The summed E-state index contributed by atoms with van der Waals surface area (Å²) in [5, 5.41) is 0.722. The van der Waals surface area contributed by atoms with Gasteiger partial charge >= 0.3 is 0 Å². The number of hydrogen-bond acceptors (Lipinski definition) is 7. The monoisotopic (exact) mass is 485 g/mol. The first-order chi connectivity index (χ1) is 16.5. The van der Waals surface area contributed by atoms with Crippen LogP contribution >= 0.6 is 11.6 Å². The van der Waals surface area contributed by atoms with Crippen LogP contribution in [0.2, 0.25) is 5.02 Å². The molecule has 0 bridgehead atoms. The van der Waals surface area contributed by atoms with Crippen LogP contribution in [0.4, 0.5) is 0 Å². The Kier molecular flexibility index (Phi) is 5.87. The highest BCUT2D eigenvalue weighted by Crippen LogP contribution is 2.45. The number of ether oxygens (including phenoxy) is 4. The van der Waals surface area contributed by atoms with E-state index in [1.54, 1.807) is 35.2 Å². The van der Waals surface area contributed by atoms with Gasteiger partial charge in [0.25, 0.3) is 5.91 Å². The molecule has 8 nitrogen and oxygen atoms in total. The third kappa shape index (κ3) is 3.58. The molecule has 1 amide bonds. The van der Waals surface area contributed by atoms with E-state index in [0.717, 1.165) is 12.8 Å². The quantitative estimate of drug-likeness (QED) is 0.517. The molecule has 0 N–H and O–H groups in total. The summed E-state index contributed by atoms with van der Waals surface area (Å²) in [6.07, 6.45) is 1.64. The first-order valence-electron chi connectivity index (χ1n) is 11.0. The second-order valence-corrected chi connectivity index (χ2v) is 8.70. The van der Waals surface area contributed by atoms with Gasteiger partial charge in [-0.1, -0.05) is 11.6 Å². The lowest BCUT2D eigenvalue weighted by molar-refractivity contribution is 0.0486.